The van der Waals surface area contributed by atoms with Crippen LogP contribution in [-0.4, -0.2) is 11.9 Å². The van der Waals surface area contributed by atoms with Crippen LogP contribution < -0.4 is 5.73 Å². The highest BCUT2D eigenvalue weighted by atomic mass is 35.5. The van der Waals surface area contributed by atoms with Crippen molar-refractivity contribution in [1.29, 1.82) is 0 Å². The third kappa shape index (κ3) is 2.55. The van der Waals surface area contributed by atoms with Gasteiger partial charge in [-0.05, 0) is 72.2 Å². The molecule has 1 aromatic carbocycles. The van der Waals surface area contributed by atoms with E-state index in [1.807, 2.05) is 6.07 Å². The first-order valence-electron chi connectivity index (χ1n) is 7.70. The Kier molecular flexibility index (Phi) is 4.02. The molecule has 3 rings (SSSR count). The maximum absolute atomic E-state index is 11.7. The fraction of sp³-hybridized carbons (Fsp3) is 0.562. The molecule has 1 aromatic rings. The van der Waals surface area contributed by atoms with Gasteiger partial charge in [-0.1, -0.05) is 23.6 Å². The fourth-order valence-electron chi connectivity index (χ4n) is 4.39. The number of hydrogen-bond donors (Lipinski definition) is 1. The molecule has 0 heterocycles. The van der Waals surface area contributed by atoms with Crippen LogP contribution >= 0.6 is 11.6 Å². The van der Waals surface area contributed by atoms with Crippen molar-refractivity contribution in [1.82, 2.24) is 0 Å². The van der Waals surface area contributed by atoms with E-state index < -0.39 is 5.91 Å². The van der Waals surface area contributed by atoms with Gasteiger partial charge in [0.25, 0.3) is 0 Å². The molecule has 2 saturated carbocycles. The number of primary amides is 1. The summed E-state index contributed by atoms with van der Waals surface area (Å²) >= 11 is 6.13. The third-order valence-corrected chi connectivity index (χ3v) is 5.52. The van der Waals surface area contributed by atoms with Crippen molar-refractivity contribution in [2.45, 2.75) is 38.1 Å². The first-order valence-corrected chi connectivity index (χ1v) is 8.08. The van der Waals surface area contributed by atoms with Gasteiger partial charge in [0.05, 0.1) is 0 Å². The molecule has 0 unspecified atom stereocenters. The van der Waals surface area contributed by atoms with Crippen LogP contribution in [0, 0.1) is 17.8 Å². The van der Waals surface area contributed by atoms with Crippen molar-refractivity contribution in [3.8, 4) is 0 Å². The van der Waals surface area contributed by atoms with E-state index in [1.165, 1.54) is 0 Å². The third-order valence-electron chi connectivity index (χ3n) is 5.28. The van der Waals surface area contributed by atoms with Crippen molar-refractivity contribution in [2.24, 2.45) is 28.6 Å². The SMILES string of the molecule is CC[C@@H](c1cc(Cl)ccc1C(N)=O)C1[C@@H]2CC(N=[N+]=[N-])C[C@@H]12. The zero-order valence-corrected chi connectivity index (χ0v) is 13.2. The summed E-state index contributed by atoms with van der Waals surface area (Å²) in [6.45, 7) is 2.13. The Morgan fingerprint density at radius 1 is 1.50 bits per heavy atom. The van der Waals surface area contributed by atoms with Crippen molar-refractivity contribution in [3.63, 3.8) is 0 Å². The molecular weight excluding hydrogens is 300 g/mol. The molecule has 0 radical (unpaired) electrons. The zero-order chi connectivity index (χ0) is 15.9. The molecule has 2 fully saturated rings. The first-order chi connectivity index (χ1) is 10.6. The molecule has 2 N–H and O–H groups in total. The van der Waals surface area contributed by atoms with Crippen molar-refractivity contribution in [3.05, 3.63) is 44.8 Å². The molecule has 0 spiro atoms. The number of nitrogens with two attached hydrogens (primary N) is 1. The highest BCUT2D eigenvalue weighted by molar-refractivity contribution is 6.30. The monoisotopic (exact) mass is 318 g/mol. The standard InChI is InChI=1S/C16H19ClN4O/c1-2-10(12-5-8(17)3-4-11(12)16(18)22)15-13-6-9(20-21-19)7-14(13)15/h3-5,9-10,13-15H,2,6-7H2,1H3,(H2,18,22)/t9?,10-,13+,14+,15?/m0/s1. The minimum Gasteiger partial charge on any atom is -0.366 e. The van der Waals surface area contributed by atoms with Gasteiger partial charge in [-0.25, -0.2) is 0 Å². The molecule has 0 aliphatic heterocycles. The van der Waals surface area contributed by atoms with Crippen LogP contribution in [0.15, 0.2) is 23.3 Å². The van der Waals surface area contributed by atoms with Gasteiger partial charge in [0.15, 0.2) is 0 Å². The molecule has 2 aliphatic carbocycles. The maximum atomic E-state index is 11.7. The number of benzene rings is 1. The van der Waals surface area contributed by atoms with Crippen LogP contribution in [0.1, 0.15) is 48.0 Å². The number of carbonyl (C=O) groups is 1. The number of amides is 1. The second-order valence-corrected chi connectivity index (χ2v) is 6.78. The topological polar surface area (TPSA) is 91.9 Å². The Balaban J connectivity index is 1.84. The van der Waals surface area contributed by atoms with E-state index in [4.69, 9.17) is 22.9 Å². The van der Waals surface area contributed by atoms with Gasteiger partial charge in [-0.2, -0.15) is 0 Å². The molecule has 5 nitrogen and oxygen atoms in total. The van der Waals surface area contributed by atoms with Crippen LogP contribution in [0.5, 0.6) is 0 Å². The molecule has 6 heteroatoms. The summed E-state index contributed by atoms with van der Waals surface area (Å²) in [5.74, 6) is 1.64. The van der Waals surface area contributed by atoms with E-state index in [2.05, 4.69) is 16.9 Å². The average molecular weight is 319 g/mol. The number of azide groups is 1. The van der Waals surface area contributed by atoms with Crippen LogP contribution in [0.2, 0.25) is 5.02 Å². The summed E-state index contributed by atoms with van der Waals surface area (Å²) in [6.07, 6.45) is 2.87. The van der Waals surface area contributed by atoms with Crippen LogP contribution in [0.25, 0.3) is 10.4 Å². The summed E-state index contributed by atoms with van der Waals surface area (Å²) in [5, 5.41) is 4.48. The quantitative estimate of drug-likeness (QED) is 0.490. The molecule has 1 amide bonds. The number of fused-ring (bicyclic) bond motifs is 1. The van der Waals surface area contributed by atoms with Crippen molar-refractivity contribution >= 4 is 17.5 Å². The molecule has 0 bridgehead atoms. The van der Waals surface area contributed by atoms with Crippen molar-refractivity contribution in [2.75, 3.05) is 0 Å². The predicted molar refractivity (Wildman–Crippen MR) is 85.6 cm³/mol. The summed E-state index contributed by atoms with van der Waals surface area (Å²) in [5.41, 5.74) is 15.6. The predicted octanol–water partition coefficient (Wildman–Crippen LogP) is 4.27. The molecule has 0 saturated heterocycles. The lowest BCUT2D eigenvalue weighted by atomic mass is 9.84. The van der Waals surface area contributed by atoms with E-state index in [-0.39, 0.29) is 6.04 Å². The second kappa shape index (κ2) is 5.82. The van der Waals surface area contributed by atoms with Gasteiger partial charge >= 0.3 is 0 Å². The maximum Gasteiger partial charge on any atom is 0.248 e. The van der Waals surface area contributed by atoms with E-state index in [9.17, 15) is 4.79 Å². The zero-order valence-electron chi connectivity index (χ0n) is 12.4. The summed E-state index contributed by atoms with van der Waals surface area (Å²) in [6, 6.07) is 5.46. The molecule has 2 aliphatic rings. The summed E-state index contributed by atoms with van der Waals surface area (Å²) in [7, 11) is 0. The lowest BCUT2D eigenvalue weighted by Crippen LogP contribution is -2.17. The molecule has 22 heavy (non-hydrogen) atoms. The number of carbonyl (C=O) groups excluding carboxylic acids is 1. The number of nitrogens with zero attached hydrogens (tertiary/aromatic N) is 3. The Hall–Kier alpha value is -1.71. The van der Waals surface area contributed by atoms with Gasteiger partial charge in [0.1, 0.15) is 0 Å². The minimum atomic E-state index is -0.400. The Labute approximate surface area is 134 Å². The molecule has 116 valence electrons. The first kappa shape index (κ1) is 15.2. The minimum absolute atomic E-state index is 0.142. The normalized spacial score (nSPS) is 27.8. The van der Waals surface area contributed by atoms with Crippen LogP contribution in [0.4, 0.5) is 0 Å². The van der Waals surface area contributed by atoms with Gasteiger partial charge < -0.3 is 5.73 Å². The lowest BCUT2D eigenvalue weighted by molar-refractivity contribution is 0.0998. The summed E-state index contributed by atoms with van der Waals surface area (Å²) in [4.78, 5) is 14.6. The number of rotatable bonds is 5. The van der Waals surface area contributed by atoms with Gasteiger partial charge in [-0.3, -0.25) is 4.79 Å². The number of halogens is 1. The second-order valence-electron chi connectivity index (χ2n) is 6.35. The largest absolute Gasteiger partial charge is 0.366 e. The van der Waals surface area contributed by atoms with E-state index >= 15 is 0 Å². The van der Waals surface area contributed by atoms with Crippen LogP contribution in [0.3, 0.4) is 0 Å². The summed E-state index contributed by atoms with van der Waals surface area (Å²) < 4.78 is 0. The lowest BCUT2D eigenvalue weighted by Gasteiger charge is -2.21. The fourth-order valence-corrected chi connectivity index (χ4v) is 4.57. The van der Waals surface area contributed by atoms with Gasteiger partial charge in [0.2, 0.25) is 5.91 Å². The Morgan fingerprint density at radius 3 is 2.73 bits per heavy atom. The van der Waals surface area contributed by atoms with Gasteiger partial charge in [-0.15, -0.1) is 0 Å². The average Bonchev–Trinajstić information content (AvgIpc) is 2.95. The van der Waals surface area contributed by atoms with Gasteiger partial charge in [0, 0.05) is 21.5 Å². The Bertz CT molecular complexity index is 644. The van der Waals surface area contributed by atoms with Crippen LogP contribution in [-0.2, 0) is 0 Å². The van der Waals surface area contributed by atoms with Crippen molar-refractivity contribution < 1.29 is 4.79 Å². The van der Waals surface area contributed by atoms with E-state index in [0.29, 0.717) is 34.3 Å². The van der Waals surface area contributed by atoms with E-state index in [1.54, 1.807) is 12.1 Å². The highest BCUT2D eigenvalue weighted by Gasteiger charge is 2.58. The molecule has 0 aromatic heterocycles. The van der Waals surface area contributed by atoms with E-state index in [0.717, 1.165) is 24.8 Å². The highest BCUT2D eigenvalue weighted by Crippen LogP contribution is 2.64. The molecular formula is C16H19ClN4O. The Morgan fingerprint density at radius 2 is 2.18 bits per heavy atom. The smallest absolute Gasteiger partial charge is 0.248 e. The number of hydrogen-bond acceptors (Lipinski definition) is 2. The molecule has 3 atom stereocenters.